The number of amides is 5. The minimum atomic E-state index is -1.27. The van der Waals surface area contributed by atoms with Crippen molar-refractivity contribution in [1.82, 2.24) is 26.6 Å². The number of hydrogen-bond acceptors (Lipinski definition) is 8. The second-order valence-corrected chi connectivity index (χ2v) is 14.8. The van der Waals surface area contributed by atoms with Gasteiger partial charge in [-0.25, -0.2) is 0 Å². The zero-order valence-corrected chi connectivity index (χ0v) is 32.2. The molecule has 0 radical (unpaired) electrons. The van der Waals surface area contributed by atoms with Gasteiger partial charge in [-0.1, -0.05) is 103 Å². The Bertz CT molecular complexity index is 2180. The lowest BCUT2D eigenvalue weighted by Crippen LogP contribution is -2.59. The van der Waals surface area contributed by atoms with Gasteiger partial charge in [-0.2, -0.15) is 0 Å². The van der Waals surface area contributed by atoms with Crippen LogP contribution in [-0.4, -0.2) is 77.9 Å². The van der Waals surface area contributed by atoms with Crippen LogP contribution in [0.3, 0.4) is 0 Å². The average molecular weight is 802 g/mol. The van der Waals surface area contributed by atoms with Crippen LogP contribution in [0.2, 0.25) is 0 Å². The first-order valence-corrected chi connectivity index (χ1v) is 19.6. The third kappa shape index (κ3) is 11.9. The van der Waals surface area contributed by atoms with Gasteiger partial charge < -0.3 is 36.4 Å². The number of aliphatic carboxylic acids is 1. The van der Waals surface area contributed by atoms with Crippen molar-refractivity contribution in [2.24, 2.45) is 0 Å². The third-order valence-corrected chi connectivity index (χ3v) is 10.4. The first kappa shape index (κ1) is 40.9. The minimum Gasteiger partial charge on any atom is -0.484 e. The van der Waals surface area contributed by atoms with Gasteiger partial charge in [0.2, 0.25) is 23.6 Å². The zero-order chi connectivity index (χ0) is 40.9. The number of carbonyl (C=O) groups is 6. The molecule has 0 unspecified atom stereocenters. The summed E-state index contributed by atoms with van der Waals surface area (Å²) in [4.78, 5) is 81.6. The number of hydrogen-bond donors (Lipinski definition) is 6. The maximum absolute atomic E-state index is 14.4. The van der Waals surface area contributed by atoms with Gasteiger partial charge in [-0.3, -0.25) is 28.8 Å². The molecule has 2 bridgehead atoms. The molecule has 2 aliphatic heterocycles. The fraction of sp³-hybridized carbons (Fsp3) is 0.227. The van der Waals surface area contributed by atoms with E-state index in [0.29, 0.717) is 16.9 Å². The van der Waals surface area contributed by atoms with E-state index in [1.807, 2.05) is 78.2 Å². The molecule has 2 aliphatic rings. The van der Waals surface area contributed by atoms with Gasteiger partial charge in [-0.15, -0.1) is 11.3 Å². The van der Waals surface area contributed by atoms with Crippen LogP contribution >= 0.6 is 11.3 Å². The summed E-state index contributed by atoms with van der Waals surface area (Å²) >= 11 is 1.42. The molecule has 0 spiro atoms. The van der Waals surface area contributed by atoms with Gasteiger partial charge in [0.25, 0.3) is 5.91 Å². The Morgan fingerprint density at radius 2 is 1.21 bits per heavy atom. The van der Waals surface area contributed by atoms with Crippen LogP contribution in [-0.2, 0) is 54.5 Å². The Morgan fingerprint density at radius 3 is 1.81 bits per heavy atom. The molecule has 6 N–H and O–H groups in total. The topological polar surface area (TPSA) is 192 Å². The molecule has 298 valence electrons. The smallest absolute Gasteiger partial charge is 0.322 e. The molecule has 7 rings (SSSR count). The minimum absolute atomic E-state index is 0.0252. The molecule has 0 saturated heterocycles. The van der Waals surface area contributed by atoms with Crippen LogP contribution in [0.5, 0.6) is 5.75 Å². The lowest BCUT2D eigenvalue weighted by Gasteiger charge is -2.27. The number of fused-ring (bicyclic) bond motifs is 16. The quantitative estimate of drug-likeness (QED) is 0.116. The summed E-state index contributed by atoms with van der Waals surface area (Å²) in [5, 5.41) is 24.6. The van der Waals surface area contributed by atoms with Gasteiger partial charge in [-0.05, 0) is 51.4 Å². The largest absolute Gasteiger partial charge is 0.484 e. The maximum Gasteiger partial charge on any atom is 0.322 e. The third-order valence-electron chi connectivity index (χ3n) is 9.47. The lowest BCUT2D eigenvalue weighted by atomic mass is 9.99. The maximum atomic E-state index is 14.4. The molecule has 4 atom stereocenters. The van der Waals surface area contributed by atoms with Crippen molar-refractivity contribution < 1.29 is 38.6 Å². The molecular weight excluding hydrogens is 759 g/mol. The van der Waals surface area contributed by atoms with Crippen LogP contribution in [0.4, 0.5) is 0 Å². The molecule has 3 heterocycles. The zero-order valence-electron chi connectivity index (χ0n) is 31.4. The molecule has 14 heteroatoms. The number of benzene rings is 4. The number of ether oxygens (including phenoxy) is 1. The SMILES string of the molecule is O=C(O)CNC(=O)[C@@H]1Cc2ccc(cc2)OCC(=O)N[C@@H](Cc2cccs2)C(=O)N[C@H](Cc2ccc(-c3ccccc3)cc2)C(=O)N[C@@H](Cc2ccccc2)C(=O)N1. The van der Waals surface area contributed by atoms with Gasteiger partial charge in [0.05, 0.1) is 0 Å². The highest BCUT2D eigenvalue weighted by atomic mass is 32.1. The fourth-order valence-electron chi connectivity index (χ4n) is 6.46. The van der Waals surface area contributed by atoms with Crippen molar-refractivity contribution in [3.05, 3.63) is 148 Å². The van der Waals surface area contributed by atoms with Crippen molar-refractivity contribution in [2.45, 2.75) is 49.9 Å². The van der Waals surface area contributed by atoms with E-state index in [9.17, 15) is 33.9 Å². The monoisotopic (exact) mass is 801 g/mol. The highest BCUT2D eigenvalue weighted by Crippen LogP contribution is 2.21. The molecule has 13 nitrogen and oxygen atoms in total. The molecule has 4 aromatic carbocycles. The summed E-state index contributed by atoms with van der Waals surface area (Å²) in [6.07, 6.45) is 0.168. The molecule has 0 fully saturated rings. The van der Waals surface area contributed by atoms with Crippen LogP contribution in [0.15, 0.2) is 127 Å². The van der Waals surface area contributed by atoms with Crippen LogP contribution in [0.25, 0.3) is 11.1 Å². The van der Waals surface area contributed by atoms with Crippen LogP contribution in [0, 0.1) is 0 Å². The molecule has 0 saturated carbocycles. The van der Waals surface area contributed by atoms with E-state index >= 15 is 0 Å². The molecule has 5 aromatic rings. The predicted octanol–water partition coefficient (Wildman–Crippen LogP) is 3.22. The fourth-order valence-corrected chi connectivity index (χ4v) is 7.21. The summed E-state index contributed by atoms with van der Waals surface area (Å²) in [5.74, 6) is -4.25. The summed E-state index contributed by atoms with van der Waals surface area (Å²) in [6, 6.07) is 31.7. The first-order valence-electron chi connectivity index (χ1n) is 18.7. The summed E-state index contributed by atoms with van der Waals surface area (Å²) in [7, 11) is 0. The lowest BCUT2D eigenvalue weighted by molar-refractivity contribution is -0.138. The molecule has 0 aliphatic carbocycles. The van der Waals surface area contributed by atoms with Gasteiger partial charge in [0.15, 0.2) is 6.61 Å². The Kier molecular flexibility index (Phi) is 14.0. The van der Waals surface area contributed by atoms with Gasteiger partial charge >= 0.3 is 5.97 Å². The van der Waals surface area contributed by atoms with Crippen LogP contribution in [0.1, 0.15) is 21.6 Å². The van der Waals surface area contributed by atoms with E-state index in [1.165, 1.54) is 11.3 Å². The standard InChI is InChI=1S/C44H43N5O8S/c50-39-27-57-33-19-15-30(16-20-33)23-35(41(53)45-26-40(51)52)47-42(54)36(22-28-8-3-1-4-9-28)48-43(55)37(49-44(56)38(46-39)25-34-12-7-21-58-34)24-29-13-17-32(18-14-29)31-10-5-2-6-11-31/h1-21,35-38H,22-27H2,(H,45,53)(H,46,50)(H,47,54)(H,48,55)(H,49,56)(H,51,52)/t35-,36-,37+,38-/m0/s1. The molecular formula is C44H43N5O8S. The van der Waals surface area contributed by atoms with E-state index in [-0.39, 0.29) is 25.7 Å². The van der Waals surface area contributed by atoms with E-state index in [4.69, 9.17) is 4.74 Å². The van der Waals surface area contributed by atoms with Crippen molar-refractivity contribution in [3.63, 3.8) is 0 Å². The Morgan fingerprint density at radius 1 is 0.638 bits per heavy atom. The van der Waals surface area contributed by atoms with Crippen LogP contribution < -0.4 is 31.3 Å². The van der Waals surface area contributed by atoms with Crippen molar-refractivity contribution in [1.29, 1.82) is 0 Å². The number of carboxylic acid groups (broad SMARTS) is 1. The average Bonchev–Trinajstić information content (AvgIpc) is 3.75. The van der Waals surface area contributed by atoms with Gasteiger partial charge in [0, 0.05) is 30.6 Å². The second-order valence-electron chi connectivity index (χ2n) is 13.8. The molecule has 58 heavy (non-hydrogen) atoms. The highest BCUT2D eigenvalue weighted by Gasteiger charge is 2.32. The van der Waals surface area contributed by atoms with E-state index in [1.54, 1.807) is 48.5 Å². The Hall–Kier alpha value is -6.80. The summed E-state index contributed by atoms with van der Waals surface area (Å²) < 4.78 is 5.72. The van der Waals surface area contributed by atoms with E-state index in [0.717, 1.165) is 21.6 Å². The van der Waals surface area contributed by atoms with Gasteiger partial charge in [0.1, 0.15) is 36.5 Å². The predicted molar refractivity (Wildman–Crippen MR) is 218 cm³/mol. The highest BCUT2D eigenvalue weighted by molar-refractivity contribution is 7.09. The van der Waals surface area contributed by atoms with Crippen molar-refractivity contribution in [3.8, 4) is 16.9 Å². The van der Waals surface area contributed by atoms with E-state index in [2.05, 4.69) is 26.6 Å². The van der Waals surface area contributed by atoms with E-state index < -0.39 is 72.8 Å². The second kappa shape index (κ2) is 19.9. The number of carboxylic acids is 1. The van der Waals surface area contributed by atoms with Crippen molar-refractivity contribution in [2.75, 3.05) is 13.2 Å². The molecule has 5 amide bonds. The summed E-state index contributed by atoms with van der Waals surface area (Å²) in [6.45, 7) is -1.09. The van der Waals surface area contributed by atoms with Crippen molar-refractivity contribution >= 4 is 46.8 Å². The Balaban J connectivity index is 1.35. The number of rotatable bonds is 10. The number of thiophene rings is 1. The summed E-state index contributed by atoms with van der Waals surface area (Å²) in [5.41, 5.74) is 3.98. The number of carbonyl (C=O) groups excluding carboxylic acids is 5. The molecule has 1 aromatic heterocycles. The normalized spacial score (nSPS) is 19.2. The number of nitrogens with one attached hydrogen (secondary N) is 5. The first-order chi connectivity index (χ1) is 28.1. The Labute approximate surface area is 339 Å².